The lowest BCUT2D eigenvalue weighted by atomic mass is 9.92. The van der Waals surface area contributed by atoms with E-state index >= 15 is 0 Å². The van der Waals surface area contributed by atoms with E-state index in [0.717, 1.165) is 0 Å². The molecule has 5 N–H and O–H groups in total. The van der Waals surface area contributed by atoms with E-state index < -0.39 is 23.0 Å². The van der Waals surface area contributed by atoms with Crippen LogP contribution in [0.3, 0.4) is 0 Å². The fraction of sp³-hybridized carbons (Fsp3) is 0.0769. The highest BCUT2D eigenvalue weighted by Gasteiger charge is 2.27. The second-order valence-electron chi connectivity index (χ2n) is 4.61. The average Bonchev–Trinajstić information content (AvgIpc) is 2.87. The predicted octanol–water partition coefficient (Wildman–Crippen LogP) is 1.98. The number of fused-ring (bicyclic) bond motifs is 3. The van der Waals surface area contributed by atoms with Crippen LogP contribution in [0.2, 0.25) is 0 Å². The van der Waals surface area contributed by atoms with Crippen molar-refractivity contribution in [3.63, 3.8) is 0 Å². The van der Waals surface area contributed by atoms with Gasteiger partial charge in [-0.05, 0) is 12.4 Å². The summed E-state index contributed by atoms with van der Waals surface area (Å²) in [5.74, 6) is -2.64. The summed E-state index contributed by atoms with van der Waals surface area (Å²) in [5, 5.41) is 49.7. The number of hydrogen-bond acceptors (Lipinski definition) is 6. The van der Waals surface area contributed by atoms with Crippen molar-refractivity contribution in [1.82, 2.24) is 0 Å². The largest absolute Gasteiger partial charge is 0.505 e. The van der Waals surface area contributed by atoms with Gasteiger partial charge in [-0.15, -0.1) is 0 Å². The summed E-state index contributed by atoms with van der Waals surface area (Å²) >= 11 is 3.14. The van der Waals surface area contributed by atoms with Crippen LogP contribution in [0.1, 0.15) is 5.56 Å². The van der Waals surface area contributed by atoms with Crippen LogP contribution in [0.15, 0.2) is 8.89 Å². The van der Waals surface area contributed by atoms with Crippen molar-refractivity contribution in [1.29, 1.82) is 0 Å². The molecule has 0 aliphatic carbocycles. The van der Waals surface area contributed by atoms with Gasteiger partial charge in [-0.25, -0.2) is 0 Å². The second-order valence-corrected chi connectivity index (χ2v) is 5.40. The molecule has 3 rings (SSSR count). The molecule has 1 aromatic heterocycles. The van der Waals surface area contributed by atoms with Gasteiger partial charge in [0, 0.05) is 15.4 Å². The van der Waals surface area contributed by atoms with Crippen molar-refractivity contribution in [2.24, 2.45) is 0 Å². The Morgan fingerprint density at radius 3 is 2.00 bits per heavy atom. The summed E-state index contributed by atoms with van der Waals surface area (Å²) in [6, 6.07) is 0. The molecule has 6 nitrogen and oxygen atoms in total. The van der Waals surface area contributed by atoms with Crippen LogP contribution >= 0.6 is 15.9 Å². The summed E-state index contributed by atoms with van der Waals surface area (Å²) in [7, 11) is 5.65. The number of halogens is 1. The molecule has 0 unspecified atom stereocenters. The molecule has 0 aliphatic heterocycles. The van der Waals surface area contributed by atoms with Crippen LogP contribution in [0.5, 0.6) is 28.7 Å². The molecule has 2 aromatic carbocycles. The first kappa shape index (κ1) is 13.8. The zero-order chi connectivity index (χ0) is 15.6. The van der Waals surface area contributed by atoms with E-state index in [4.69, 9.17) is 12.3 Å². The van der Waals surface area contributed by atoms with Gasteiger partial charge in [-0.3, -0.25) is 0 Å². The third-order valence-electron chi connectivity index (χ3n) is 3.45. The van der Waals surface area contributed by atoms with Gasteiger partial charge in [-0.1, -0.05) is 15.9 Å². The summed E-state index contributed by atoms with van der Waals surface area (Å²) in [6.07, 6.45) is 0. The molecular formula is C13H8BBrO6. The highest BCUT2D eigenvalue weighted by atomic mass is 79.9. The lowest BCUT2D eigenvalue weighted by Crippen LogP contribution is -2.05. The summed E-state index contributed by atoms with van der Waals surface area (Å²) in [5.41, 5.74) is -0.466. The van der Waals surface area contributed by atoms with Crippen LogP contribution in [0, 0.1) is 6.92 Å². The maximum absolute atomic E-state index is 10.1. The molecule has 0 saturated heterocycles. The van der Waals surface area contributed by atoms with Gasteiger partial charge in [0.2, 0.25) is 5.75 Å². The van der Waals surface area contributed by atoms with Crippen LogP contribution in [0.4, 0.5) is 0 Å². The Bertz CT molecular complexity index is 856. The van der Waals surface area contributed by atoms with Gasteiger partial charge in [-0.2, -0.15) is 0 Å². The predicted molar refractivity (Wildman–Crippen MR) is 79.9 cm³/mol. The van der Waals surface area contributed by atoms with Crippen molar-refractivity contribution in [3.05, 3.63) is 10.0 Å². The van der Waals surface area contributed by atoms with Gasteiger partial charge in [0.15, 0.2) is 34.2 Å². The van der Waals surface area contributed by atoms with Crippen molar-refractivity contribution >= 4 is 51.2 Å². The maximum Gasteiger partial charge on any atom is 0.201 e. The maximum atomic E-state index is 10.1. The zero-order valence-corrected chi connectivity index (χ0v) is 12.2. The van der Waals surface area contributed by atoms with E-state index in [0.29, 0.717) is 0 Å². The standard InChI is InChI=1S/C13H8BBrO6/c1-2-7(16)9(18)4-3-6(15)5(14)10(19)11(20)12(3)21-13(4)8(2)17/h16-20H,1H3. The van der Waals surface area contributed by atoms with Crippen molar-refractivity contribution in [2.45, 2.75) is 6.92 Å². The molecule has 2 radical (unpaired) electrons. The van der Waals surface area contributed by atoms with Crippen LogP contribution < -0.4 is 5.46 Å². The first-order valence-electron chi connectivity index (χ1n) is 5.75. The topological polar surface area (TPSA) is 114 Å². The zero-order valence-electron chi connectivity index (χ0n) is 10.6. The number of aromatic hydroxyl groups is 5. The van der Waals surface area contributed by atoms with Gasteiger partial charge >= 0.3 is 0 Å². The number of furan rings is 1. The quantitative estimate of drug-likeness (QED) is 0.240. The third-order valence-corrected chi connectivity index (χ3v) is 4.27. The van der Waals surface area contributed by atoms with E-state index in [-0.39, 0.29) is 43.2 Å². The smallest absolute Gasteiger partial charge is 0.201 e. The fourth-order valence-electron chi connectivity index (χ4n) is 2.25. The number of phenolic OH excluding ortho intramolecular Hbond substituents is 5. The monoisotopic (exact) mass is 350 g/mol. The van der Waals surface area contributed by atoms with E-state index in [9.17, 15) is 25.5 Å². The van der Waals surface area contributed by atoms with Crippen LogP contribution in [-0.2, 0) is 0 Å². The summed E-state index contributed by atoms with van der Waals surface area (Å²) < 4.78 is 5.49. The average molecular weight is 351 g/mol. The number of hydrogen-bond donors (Lipinski definition) is 5. The molecule has 3 aromatic rings. The van der Waals surface area contributed by atoms with Gasteiger partial charge in [0.05, 0.1) is 5.39 Å². The Kier molecular flexibility index (Phi) is 2.71. The van der Waals surface area contributed by atoms with Gasteiger partial charge in [0.25, 0.3) is 0 Å². The van der Waals surface area contributed by atoms with E-state index in [1.807, 2.05) is 0 Å². The molecule has 0 atom stereocenters. The molecule has 1 heterocycles. The first-order chi connectivity index (χ1) is 9.77. The SMILES string of the molecule is [B]c1c(O)c(O)c2oc3c(O)c(C)c(O)c(O)c3c2c1Br. The van der Waals surface area contributed by atoms with Crippen molar-refractivity contribution in [3.8, 4) is 28.7 Å². The number of phenols is 5. The van der Waals surface area contributed by atoms with E-state index in [1.54, 1.807) is 0 Å². The molecule has 0 amide bonds. The van der Waals surface area contributed by atoms with Crippen LogP contribution in [-0.4, -0.2) is 33.4 Å². The number of rotatable bonds is 0. The van der Waals surface area contributed by atoms with Gasteiger partial charge in [0.1, 0.15) is 7.85 Å². The van der Waals surface area contributed by atoms with Crippen LogP contribution in [0.25, 0.3) is 21.9 Å². The van der Waals surface area contributed by atoms with E-state index in [2.05, 4.69) is 15.9 Å². The lowest BCUT2D eigenvalue weighted by molar-refractivity contribution is 0.394. The first-order valence-corrected chi connectivity index (χ1v) is 6.55. The Morgan fingerprint density at radius 2 is 1.38 bits per heavy atom. The van der Waals surface area contributed by atoms with Crippen molar-refractivity contribution < 1.29 is 29.9 Å². The molecular weight excluding hydrogens is 343 g/mol. The Morgan fingerprint density at radius 1 is 0.810 bits per heavy atom. The minimum absolute atomic E-state index is 0.0202. The van der Waals surface area contributed by atoms with Crippen molar-refractivity contribution in [2.75, 3.05) is 0 Å². The molecule has 8 heteroatoms. The molecule has 0 bridgehead atoms. The fourth-order valence-corrected chi connectivity index (χ4v) is 2.82. The molecule has 21 heavy (non-hydrogen) atoms. The Balaban J connectivity index is 2.73. The molecule has 0 spiro atoms. The number of benzene rings is 2. The van der Waals surface area contributed by atoms with E-state index in [1.165, 1.54) is 6.92 Å². The second kappa shape index (κ2) is 4.14. The minimum Gasteiger partial charge on any atom is -0.505 e. The summed E-state index contributed by atoms with van der Waals surface area (Å²) in [6.45, 7) is 1.39. The Labute approximate surface area is 127 Å². The Hall–Kier alpha value is -2.22. The highest BCUT2D eigenvalue weighted by Crippen LogP contribution is 2.51. The molecule has 0 saturated carbocycles. The molecule has 106 valence electrons. The molecule has 0 fully saturated rings. The molecule has 0 aliphatic rings. The third kappa shape index (κ3) is 1.53. The lowest BCUT2D eigenvalue weighted by Gasteiger charge is -2.07. The minimum atomic E-state index is -0.627. The highest BCUT2D eigenvalue weighted by molar-refractivity contribution is 9.10. The van der Waals surface area contributed by atoms with Gasteiger partial charge < -0.3 is 29.9 Å². The summed E-state index contributed by atoms with van der Waals surface area (Å²) in [4.78, 5) is 0. The normalized spacial score (nSPS) is 11.5.